The van der Waals surface area contributed by atoms with E-state index >= 15 is 0 Å². The Labute approximate surface area is 162 Å². The molecule has 0 aromatic heterocycles. The quantitative estimate of drug-likeness (QED) is 0.590. The fourth-order valence-corrected chi connectivity index (χ4v) is 2.41. The number of allylic oxidation sites excluding steroid dienone is 1. The standard InChI is InChI=1S/C13H19N.C10H11NO2/c1-9(2)10-6-7-12(14)11(8-10)13(3,4)5;1-7(13-2)8-3-5-9(6-4-8)10(11)12/h6-8H,1,14H2,2-5H3;3-6H,1H2,2H3,(H2,11,12). The SMILES string of the molecule is C=C(C)c1ccc(N)c(C(C)(C)C)c1.C=C(OC)c1ccc(C(N)=O)cc1. The highest BCUT2D eigenvalue weighted by Crippen LogP contribution is 2.30. The van der Waals surface area contributed by atoms with Gasteiger partial charge in [-0.25, -0.2) is 0 Å². The second-order valence-corrected chi connectivity index (χ2v) is 7.40. The van der Waals surface area contributed by atoms with E-state index in [4.69, 9.17) is 16.2 Å². The first-order chi connectivity index (χ1) is 12.5. The van der Waals surface area contributed by atoms with Crippen LogP contribution in [0.15, 0.2) is 55.6 Å². The molecule has 4 N–H and O–H groups in total. The predicted octanol–water partition coefficient (Wildman–Crippen LogP) is 5.00. The average molecular weight is 367 g/mol. The summed E-state index contributed by atoms with van der Waals surface area (Å²) < 4.78 is 4.93. The topological polar surface area (TPSA) is 78.3 Å². The van der Waals surface area contributed by atoms with Crippen LogP contribution < -0.4 is 11.5 Å². The van der Waals surface area contributed by atoms with Crippen LogP contribution in [0.2, 0.25) is 0 Å². The third-order valence-electron chi connectivity index (χ3n) is 4.09. The maximum atomic E-state index is 10.7. The van der Waals surface area contributed by atoms with Crippen molar-refractivity contribution in [3.63, 3.8) is 0 Å². The number of ether oxygens (including phenoxy) is 1. The minimum Gasteiger partial charge on any atom is -0.497 e. The van der Waals surface area contributed by atoms with Crippen molar-refractivity contribution < 1.29 is 9.53 Å². The van der Waals surface area contributed by atoms with Gasteiger partial charge in [0.05, 0.1) is 7.11 Å². The van der Waals surface area contributed by atoms with E-state index in [0.717, 1.165) is 16.8 Å². The Balaban J connectivity index is 0.000000271. The predicted molar refractivity (Wildman–Crippen MR) is 115 cm³/mol. The van der Waals surface area contributed by atoms with E-state index in [2.05, 4.69) is 40.0 Å². The number of hydrogen-bond donors (Lipinski definition) is 2. The van der Waals surface area contributed by atoms with E-state index < -0.39 is 5.91 Å². The van der Waals surface area contributed by atoms with Crippen molar-refractivity contribution >= 4 is 22.9 Å². The number of carbonyl (C=O) groups is 1. The number of nitrogens with two attached hydrogens (primary N) is 2. The van der Waals surface area contributed by atoms with Gasteiger partial charge in [-0.05, 0) is 47.7 Å². The van der Waals surface area contributed by atoms with E-state index in [9.17, 15) is 4.79 Å². The van der Waals surface area contributed by atoms with Gasteiger partial charge in [0.2, 0.25) is 5.91 Å². The molecule has 0 saturated heterocycles. The summed E-state index contributed by atoms with van der Waals surface area (Å²) in [6.07, 6.45) is 0. The zero-order chi connectivity index (χ0) is 20.8. The number of hydrogen-bond acceptors (Lipinski definition) is 3. The van der Waals surface area contributed by atoms with Crippen molar-refractivity contribution in [2.24, 2.45) is 5.73 Å². The molecule has 0 bridgehead atoms. The van der Waals surface area contributed by atoms with Gasteiger partial charge in [0.15, 0.2) is 0 Å². The summed E-state index contributed by atoms with van der Waals surface area (Å²) in [6.45, 7) is 16.1. The van der Waals surface area contributed by atoms with Crippen LogP contribution in [-0.4, -0.2) is 13.0 Å². The van der Waals surface area contributed by atoms with E-state index in [1.54, 1.807) is 31.4 Å². The second-order valence-electron chi connectivity index (χ2n) is 7.40. The monoisotopic (exact) mass is 366 g/mol. The third kappa shape index (κ3) is 6.33. The molecular formula is C23H30N2O2. The van der Waals surface area contributed by atoms with Crippen LogP contribution in [0.3, 0.4) is 0 Å². The Morgan fingerprint density at radius 2 is 1.44 bits per heavy atom. The van der Waals surface area contributed by atoms with Gasteiger partial charge >= 0.3 is 0 Å². The molecular weight excluding hydrogens is 336 g/mol. The zero-order valence-electron chi connectivity index (χ0n) is 16.9. The minimum atomic E-state index is -0.436. The zero-order valence-corrected chi connectivity index (χ0v) is 16.9. The van der Waals surface area contributed by atoms with Gasteiger partial charge in [-0.3, -0.25) is 4.79 Å². The van der Waals surface area contributed by atoms with Crippen LogP contribution in [-0.2, 0) is 10.2 Å². The molecule has 2 rings (SSSR count). The number of methoxy groups -OCH3 is 1. The molecule has 0 radical (unpaired) electrons. The molecule has 4 nitrogen and oxygen atoms in total. The molecule has 4 heteroatoms. The Bertz CT molecular complexity index is 828. The molecule has 0 unspecified atom stereocenters. The van der Waals surface area contributed by atoms with Gasteiger partial charge in [0.1, 0.15) is 5.76 Å². The van der Waals surface area contributed by atoms with Crippen LogP contribution in [0.1, 0.15) is 54.7 Å². The molecule has 0 atom stereocenters. The molecule has 0 aliphatic heterocycles. The van der Waals surface area contributed by atoms with E-state index in [1.807, 2.05) is 19.1 Å². The maximum absolute atomic E-state index is 10.7. The lowest BCUT2D eigenvalue weighted by Crippen LogP contribution is -2.14. The maximum Gasteiger partial charge on any atom is 0.248 e. The normalized spacial score (nSPS) is 10.4. The number of nitrogen functional groups attached to an aromatic ring is 1. The Kier molecular flexibility index (Phi) is 7.41. The fourth-order valence-electron chi connectivity index (χ4n) is 2.41. The molecule has 2 aromatic carbocycles. The highest BCUT2D eigenvalue weighted by molar-refractivity contribution is 5.93. The van der Waals surface area contributed by atoms with Gasteiger partial charge in [-0.2, -0.15) is 0 Å². The Hall–Kier alpha value is -3.01. The molecule has 0 heterocycles. The number of anilines is 1. The van der Waals surface area contributed by atoms with Crippen molar-refractivity contribution in [1.29, 1.82) is 0 Å². The summed E-state index contributed by atoms with van der Waals surface area (Å²) in [6, 6.07) is 12.9. The number of rotatable bonds is 4. The van der Waals surface area contributed by atoms with Crippen molar-refractivity contribution in [1.82, 2.24) is 0 Å². The fraction of sp³-hybridized carbons (Fsp3) is 0.261. The summed E-state index contributed by atoms with van der Waals surface area (Å²) in [5.41, 5.74) is 16.7. The van der Waals surface area contributed by atoms with Crippen LogP contribution >= 0.6 is 0 Å². The Morgan fingerprint density at radius 3 is 1.85 bits per heavy atom. The highest BCUT2D eigenvalue weighted by atomic mass is 16.5. The lowest BCUT2D eigenvalue weighted by molar-refractivity contribution is 0.100. The molecule has 1 amide bonds. The van der Waals surface area contributed by atoms with Crippen LogP contribution in [0.25, 0.3) is 11.3 Å². The smallest absolute Gasteiger partial charge is 0.248 e. The first-order valence-corrected chi connectivity index (χ1v) is 8.66. The lowest BCUT2D eigenvalue weighted by atomic mass is 9.84. The number of amides is 1. The first-order valence-electron chi connectivity index (χ1n) is 8.66. The first kappa shape index (κ1) is 22.0. The van der Waals surface area contributed by atoms with Crippen molar-refractivity contribution in [2.45, 2.75) is 33.1 Å². The lowest BCUT2D eigenvalue weighted by Gasteiger charge is -2.22. The van der Waals surface area contributed by atoms with Gasteiger partial charge in [0, 0.05) is 16.8 Å². The summed E-state index contributed by atoms with van der Waals surface area (Å²) >= 11 is 0. The van der Waals surface area contributed by atoms with Gasteiger partial charge in [-0.1, -0.05) is 57.7 Å². The molecule has 0 saturated carbocycles. The van der Waals surface area contributed by atoms with Crippen molar-refractivity contribution in [2.75, 3.05) is 12.8 Å². The van der Waals surface area contributed by atoms with Crippen molar-refractivity contribution in [3.8, 4) is 0 Å². The van der Waals surface area contributed by atoms with Gasteiger partial charge in [0.25, 0.3) is 0 Å². The molecule has 0 spiro atoms. The van der Waals surface area contributed by atoms with Crippen LogP contribution in [0.5, 0.6) is 0 Å². The van der Waals surface area contributed by atoms with E-state index in [-0.39, 0.29) is 5.41 Å². The summed E-state index contributed by atoms with van der Waals surface area (Å²) in [5.74, 6) is 0.130. The van der Waals surface area contributed by atoms with E-state index in [0.29, 0.717) is 11.3 Å². The number of carbonyl (C=O) groups excluding carboxylic acids is 1. The molecule has 0 fully saturated rings. The molecule has 144 valence electrons. The molecule has 27 heavy (non-hydrogen) atoms. The average Bonchev–Trinajstić information content (AvgIpc) is 2.60. The summed E-state index contributed by atoms with van der Waals surface area (Å²) in [5, 5.41) is 0. The third-order valence-corrected chi connectivity index (χ3v) is 4.09. The van der Waals surface area contributed by atoms with Gasteiger partial charge < -0.3 is 16.2 Å². The Morgan fingerprint density at radius 1 is 0.963 bits per heavy atom. The minimum absolute atomic E-state index is 0.0928. The highest BCUT2D eigenvalue weighted by Gasteiger charge is 2.17. The van der Waals surface area contributed by atoms with E-state index in [1.165, 1.54) is 11.1 Å². The molecule has 0 aliphatic rings. The summed E-state index contributed by atoms with van der Waals surface area (Å²) in [7, 11) is 1.55. The van der Waals surface area contributed by atoms with Crippen LogP contribution in [0.4, 0.5) is 5.69 Å². The largest absolute Gasteiger partial charge is 0.497 e. The van der Waals surface area contributed by atoms with Crippen molar-refractivity contribution in [3.05, 3.63) is 77.9 Å². The second kappa shape index (κ2) is 9.08. The molecule has 0 aliphatic carbocycles. The number of benzene rings is 2. The van der Waals surface area contributed by atoms with Gasteiger partial charge in [-0.15, -0.1) is 0 Å². The molecule has 2 aromatic rings. The number of primary amides is 1. The summed E-state index contributed by atoms with van der Waals surface area (Å²) in [4.78, 5) is 10.7. The van der Waals surface area contributed by atoms with Crippen LogP contribution in [0, 0.1) is 0 Å².